The van der Waals surface area contributed by atoms with Crippen molar-refractivity contribution in [1.29, 1.82) is 0 Å². The average Bonchev–Trinajstić information content (AvgIpc) is 3.08. The second-order valence-electron chi connectivity index (χ2n) is 6.32. The molecule has 1 aromatic heterocycles. The van der Waals surface area contributed by atoms with Crippen molar-refractivity contribution in [2.24, 2.45) is 0 Å². The summed E-state index contributed by atoms with van der Waals surface area (Å²) in [5.41, 5.74) is -0.461. The number of alkyl halides is 3. The van der Waals surface area contributed by atoms with Crippen LogP contribution < -0.4 is 21.3 Å². The normalized spacial score (nSPS) is 16.7. The van der Waals surface area contributed by atoms with Crippen molar-refractivity contribution in [3.8, 4) is 0 Å². The molecule has 0 aliphatic carbocycles. The van der Waals surface area contributed by atoms with Gasteiger partial charge in [0.2, 0.25) is 5.95 Å². The van der Waals surface area contributed by atoms with E-state index in [9.17, 15) is 18.0 Å². The lowest BCUT2D eigenvalue weighted by Crippen LogP contribution is -2.24. The van der Waals surface area contributed by atoms with Crippen LogP contribution in [0.2, 0.25) is 5.02 Å². The Morgan fingerprint density at radius 3 is 2.71 bits per heavy atom. The van der Waals surface area contributed by atoms with E-state index in [0.29, 0.717) is 11.5 Å². The summed E-state index contributed by atoms with van der Waals surface area (Å²) >= 11 is 5.57. The third kappa shape index (κ3) is 5.23. The zero-order chi connectivity index (χ0) is 20.3. The lowest BCUT2D eigenvalue weighted by atomic mass is 10.2. The number of hydrogen-bond donors (Lipinski definition) is 4. The molecule has 0 bridgehead atoms. The van der Waals surface area contributed by atoms with Crippen LogP contribution in [0.15, 0.2) is 24.3 Å². The van der Waals surface area contributed by atoms with Crippen molar-refractivity contribution >= 4 is 35.1 Å². The smallest absolute Gasteiger partial charge is 0.366 e. The molecule has 1 fully saturated rings. The molecule has 1 unspecified atom stereocenters. The van der Waals surface area contributed by atoms with Crippen LogP contribution in [0.1, 0.15) is 17.7 Å². The number of benzene rings is 1. The summed E-state index contributed by atoms with van der Waals surface area (Å²) in [6.07, 6.45) is -3.68. The molecule has 1 aliphatic heterocycles. The van der Waals surface area contributed by atoms with Crippen molar-refractivity contribution < 1.29 is 18.0 Å². The van der Waals surface area contributed by atoms with Gasteiger partial charge in [-0.05, 0) is 38.1 Å². The first-order valence-electron chi connectivity index (χ1n) is 8.48. The van der Waals surface area contributed by atoms with Gasteiger partial charge in [0.15, 0.2) is 0 Å². The molecule has 4 N–H and O–H groups in total. The number of carbonyl (C=O) groups excluding carboxylic acids is 1. The van der Waals surface area contributed by atoms with Crippen molar-refractivity contribution in [2.45, 2.75) is 25.6 Å². The zero-order valence-electron chi connectivity index (χ0n) is 14.8. The number of hydrogen-bond acceptors (Lipinski definition) is 5. The van der Waals surface area contributed by atoms with E-state index in [-0.39, 0.29) is 17.7 Å². The van der Waals surface area contributed by atoms with Crippen LogP contribution in [-0.2, 0) is 6.18 Å². The number of halogens is 4. The van der Waals surface area contributed by atoms with Gasteiger partial charge < -0.3 is 16.0 Å². The van der Waals surface area contributed by atoms with Crippen LogP contribution in [0.4, 0.5) is 35.4 Å². The van der Waals surface area contributed by atoms with Crippen LogP contribution in [0.3, 0.4) is 0 Å². The highest BCUT2D eigenvalue weighted by Crippen LogP contribution is 2.36. The number of nitrogens with zero attached hydrogens (tertiary/aromatic N) is 2. The van der Waals surface area contributed by atoms with Gasteiger partial charge in [0.25, 0.3) is 0 Å². The third-order valence-corrected chi connectivity index (χ3v) is 4.35. The molecular formula is C17H18ClF3N6O. The Kier molecular flexibility index (Phi) is 5.90. The molecule has 2 heterocycles. The standard InChI is InChI=1S/C17H18ClF3N6O/c1-9-6-14(24-11-4-5-22-8-11)26-15(23-9)27-16(28)25-10-2-3-13(18)12(7-10)17(19,20)21/h2-3,6-7,11,22H,4-5,8H2,1H3,(H3,23,24,25,26,27,28). The minimum atomic E-state index is -4.62. The molecule has 1 aromatic carbocycles. The highest BCUT2D eigenvalue weighted by atomic mass is 35.5. The Morgan fingerprint density at radius 2 is 2.04 bits per heavy atom. The molecule has 0 radical (unpaired) electrons. The van der Waals surface area contributed by atoms with E-state index in [0.717, 1.165) is 31.6 Å². The van der Waals surface area contributed by atoms with Gasteiger partial charge in [0, 0.05) is 30.0 Å². The number of rotatable bonds is 4. The number of aryl methyl sites for hydroxylation is 1. The van der Waals surface area contributed by atoms with Gasteiger partial charge in [0.1, 0.15) is 5.82 Å². The van der Waals surface area contributed by atoms with Crippen LogP contribution >= 0.6 is 11.6 Å². The van der Waals surface area contributed by atoms with Crippen molar-refractivity contribution in [1.82, 2.24) is 15.3 Å². The second-order valence-corrected chi connectivity index (χ2v) is 6.73. The largest absolute Gasteiger partial charge is 0.417 e. The fraction of sp³-hybridized carbons (Fsp3) is 0.353. The molecule has 28 heavy (non-hydrogen) atoms. The third-order valence-electron chi connectivity index (χ3n) is 4.02. The van der Waals surface area contributed by atoms with Crippen molar-refractivity contribution in [2.75, 3.05) is 29.0 Å². The van der Waals surface area contributed by atoms with Gasteiger partial charge in [-0.2, -0.15) is 18.2 Å². The summed E-state index contributed by atoms with van der Waals surface area (Å²) in [6.45, 7) is 3.47. The van der Waals surface area contributed by atoms with Gasteiger partial charge >= 0.3 is 12.2 Å². The van der Waals surface area contributed by atoms with E-state index in [2.05, 4.69) is 31.2 Å². The number of carbonyl (C=O) groups is 1. The van der Waals surface area contributed by atoms with Crippen LogP contribution in [-0.4, -0.2) is 35.1 Å². The fourth-order valence-corrected chi connectivity index (χ4v) is 2.99. The van der Waals surface area contributed by atoms with Gasteiger partial charge in [-0.15, -0.1) is 0 Å². The topological polar surface area (TPSA) is 91.0 Å². The van der Waals surface area contributed by atoms with E-state index in [1.165, 1.54) is 6.07 Å². The van der Waals surface area contributed by atoms with Crippen molar-refractivity contribution in [3.05, 3.63) is 40.5 Å². The maximum Gasteiger partial charge on any atom is 0.417 e. The second kappa shape index (κ2) is 8.19. The number of nitrogens with one attached hydrogen (secondary N) is 4. The molecule has 150 valence electrons. The highest BCUT2D eigenvalue weighted by molar-refractivity contribution is 6.31. The summed E-state index contributed by atoms with van der Waals surface area (Å²) in [5.74, 6) is 0.596. The predicted molar refractivity (Wildman–Crippen MR) is 101 cm³/mol. The predicted octanol–water partition coefficient (Wildman–Crippen LogP) is 3.88. The van der Waals surface area contributed by atoms with E-state index >= 15 is 0 Å². The van der Waals surface area contributed by atoms with Crippen LogP contribution in [0.25, 0.3) is 0 Å². The van der Waals surface area contributed by atoms with E-state index < -0.39 is 22.8 Å². The summed E-state index contributed by atoms with van der Waals surface area (Å²) in [5, 5.41) is 10.8. The number of anilines is 3. The van der Waals surface area contributed by atoms with E-state index in [1.807, 2.05) is 0 Å². The van der Waals surface area contributed by atoms with Crippen LogP contribution in [0.5, 0.6) is 0 Å². The molecule has 0 saturated carbocycles. The Morgan fingerprint density at radius 1 is 1.25 bits per heavy atom. The molecule has 7 nitrogen and oxygen atoms in total. The molecular weight excluding hydrogens is 397 g/mol. The van der Waals surface area contributed by atoms with E-state index in [4.69, 9.17) is 11.6 Å². The first-order valence-corrected chi connectivity index (χ1v) is 8.86. The van der Waals surface area contributed by atoms with Gasteiger partial charge in [0.05, 0.1) is 10.6 Å². The van der Waals surface area contributed by atoms with Crippen molar-refractivity contribution in [3.63, 3.8) is 0 Å². The zero-order valence-corrected chi connectivity index (χ0v) is 15.6. The fourth-order valence-electron chi connectivity index (χ4n) is 2.77. The Labute approximate surface area is 164 Å². The summed E-state index contributed by atoms with van der Waals surface area (Å²) in [4.78, 5) is 20.5. The monoisotopic (exact) mass is 414 g/mol. The van der Waals surface area contributed by atoms with Gasteiger partial charge in [-0.1, -0.05) is 11.6 Å². The molecule has 2 amide bonds. The first-order chi connectivity index (χ1) is 13.2. The Bertz CT molecular complexity index is 870. The maximum atomic E-state index is 12.9. The van der Waals surface area contributed by atoms with Gasteiger partial charge in [-0.3, -0.25) is 5.32 Å². The average molecular weight is 415 g/mol. The molecule has 0 spiro atoms. The van der Waals surface area contributed by atoms with Gasteiger partial charge in [-0.25, -0.2) is 9.78 Å². The number of amides is 2. The Balaban J connectivity index is 1.68. The molecule has 11 heteroatoms. The summed E-state index contributed by atoms with van der Waals surface area (Å²) < 4.78 is 38.8. The molecule has 1 saturated heterocycles. The minimum absolute atomic E-state index is 0.0379. The lowest BCUT2D eigenvalue weighted by Gasteiger charge is -2.14. The van der Waals surface area contributed by atoms with E-state index in [1.54, 1.807) is 13.0 Å². The molecule has 1 atom stereocenters. The Hall–Kier alpha value is -2.59. The molecule has 3 rings (SSSR count). The summed E-state index contributed by atoms with van der Waals surface area (Å²) in [7, 11) is 0. The lowest BCUT2D eigenvalue weighted by molar-refractivity contribution is -0.137. The SMILES string of the molecule is Cc1cc(NC2CCNC2)nc(NC(=O)Nc2ccc(Cl)c(C(F)(F)F)c2)n1. The molecule has 1 aliphatic rings. The summed E-state index contributed by atoms with van der Waals surface area (Å²) in [6, 6.07) is 4.31. The minimum Gasteiger partial charge on any atom is -0.366 e. The van der Waals surface area contributed by atoms with Crippen LogP contribution in [0, 0.1) is 6.92 Å². The highest BCUT2D eigenvalue weighted by Gasteiger charge is 2.33. The quantitative estimate of drug-likeness (QED) is 0.609. The number of urea groups is 1. The maximum absolute atomic E-state index is 12.9. The first kappa shape index (κ1) is 20.2. The number of aromatic nitrogens is 2. The molecule has 2 aromatic rings.